The highest BCUT2D eigenvalue weighted by molar-refractivity contribution is 7.91. The molecule has 2 nitrogen and oxygen atoms in total. The van der Waals surface area contributed by atoms with Gasteiger partial charge in [-0.1, -0.05) is 0 Å². The predicted molar refractivity (Wildman–Crippen MR) is 28.0 cm³/mol. The van der Waals surface area contributed by atoms with Crippen LogP contribution in [-0.2, 0) is 10.8 Å². The van der Waals surface area contributed by atoms with Crippen molar-refractivity contribution in [2.24, 2.45) is 0 Å². The van der Waals surface area contributed by atoms with Gasteiger partial charge in [0.1, 0.15) is 5.76 Å². The molecule has 1 unspecified atom stereocenters. The molecule has 1 heterocycles. The smallest absolute Gasteiger partial charge is 0.125 e. The molecule has 3 heteroatoms. The van der Waals surface area contributed by atoms with Crippen molar-refractivity contribution >= 4 is 10.8 Å². The summed E-state index contributed by atoms with van der Waals surface area (Å²) in [6, 6.07) is 0. The molecule has 0 aromatic heterocycles. The zero-order valence-corrected chi connectivity index (χ0v) is 4.31. The zero-order chi connectivity index (χ0) is 5.28. The first-order chi connectivity index (χ1) is 3.29. The van der Waals surface area contributed by atoms with E-state index >= 15 is 0 Å². The lowest BCUT2D eigenvalue weighted by Crippen LogP contribution is -1.67. The molecule has 0 saturated carbocycles. The molecule has 0 spiro atoms. The maximum absolute atomic E-state index is 10.2. The van der Waals surface area contributed by atoms with Crippen molar-refractivity contribution in [3.05, 3.63) is 22.7 Å². The molecule has 0 aromatic rings. The van der Waals surface area contributed by atoms with E-state index in [0.717, 1.165) is 0 Å². The summed E-state index contributed by atoms with van der Waals surface area (Å²) in [7, 11) is -1.05. The molecule has 0 aliphatic carbocycles. The molecule has 1 N–H and O–H groups in total. The number of aliphatic hydroxyl groups is 1. The van der Waals surface area contributed by atoms with E-state index in [9.17, 15) is 4.21 Å². The van der Waals surface area contributed by atoms with Gasteiger partial charge in [-0.3, -0.25) is 4.21 Å². The summed E-state index contributed by atoms with van der Waals surface area (Å²) in [6.07, 6.45) is 1.41. The Balaban J connectivity index is 2.88. The van der Waals surface area contributed by atoms with Crippen molar-refractivity contribution in [3.63, 3.8) is 0 Å². The Morgan fingerprint density at radius 3 is 2.57 bits per heavy atom. The lowest BCUT2D eigenvalue weighted by molar-refractivity contribution is 0.435. The highest BCUT2D eigenvalue weighted by Gasteiger charge is 1.97. The van der Waals surface area contributed by atoms with Gasteiger partial charge in [-0.2, -0.15) is 0 Å². The Kier molecular flexibility index (Phi) is 0.982. The number of aliphatic hydroxyl groups excluding tert-OH is 1. The molecule has 0 bridgehead atoms. The highest BCUT2D eigenvalue weighted by atomic mass is 32.2. The minimum atomic E-state index is -1.05. The summed E-state index contributed by atoms with van der Waals surface area (Å²) >= 11 is 0. The van der Waals surface area contributed by atoms with E-state index in [1.807, 2.05) is 0 Å². The third-order valence-electron chi connectivity index (χ3n) is 0.610. The maximum Gasteiger partial charge on any atom is 0.125 e. The summed E-state index contributed by atoms with van der Waals surface area (Å²) in [4.78, 5) is 0. The van der Waals surface area contributed by atoms with Gasteiger partial charge in [-0.15, -0.1) is 0 Å². The molecular weight excluding hydrogens is 112 g/mol. The molecule has 0 saturated heterocycles. The van der Waals surface area contributed by atoms with Crippen LogP contribution in [0.2, 0.25) is 0 Å². The molecule has 0 fully saturated rings. The van der Waals surface area contributed by atoms with E-state index in [-0.39, 0.29) is 5.76 Å². The SMILES string of the molecule is O=S1C=CC(O)=C1. The summed E-state index contributed by atoms with van der Waals surface area (Å²) in [5.41, 5.74) is 0. The standard InChI is InChI=1S/C4H4O2S/c5-4-1-2-7(6)3-4/h1-3,5H. The molecule has 1 aliphatic heterocycles. The number of rotatable bonds is 0. The third-order valence-corrected chi connectivity index (χ3v) is 1.49. The van der Waals surface area contributed by atoms with Gasteiger partial charge < -0.3 is 5.11 Å². The third kappa shape index (κ3) is 0.899. The Bertz CT molecular complexity index is 157. The Morgan fingerprint density at radius 1 is 1.71 bits per heavy atom. The second-order valence-electron chi connectivity index (χ2n) is 1.17. The van der Waals surface area contributed by atoms with Crippen molar-refractivity contribution < 1.29 is 9.32 Å². The van der Waals surface area contributed by atoms with Gasteiger partial charge in [-0.05, 0) is 6.08 Å². The van der Waals surface area contributed by atoms with E-state index in [0.29, 0.717) is 0 Å². The fraction of sp³-hybridized carbons (Fsp3) is 0. The Labute approximate surface area is 43.6 Å². The van der Waals surface area contributed by atoms with Gasteiger partial charge in [0, 0.05) is 10.8 Å². The zero-order valence-electron chi connectivity index (χ0n) is 3.50. The lowest BCUT2D eigenvalue weighted by Gasteiger charge is -1.73. The van der Waals surface area contributed by atoms with Crippen LogP contribution >= 0.6 is 0 Å². The summed E-state index contributed by atoms with van der Waals surface area (Å²) < 4.78 is 10.2. The first-order valence-electron chi connectivity index (χ1n) is 1.77. The molecule has 38 valence electrons. The van der Waals surface area contributed by atoms with Crippen molar-refractivity contribution in [1.82, 2.24) is 0 Å². The van der Waals surface area contributed by atoms with Crippen LogP contribution in [0.5, 0.6) is 0 Å². The highest BCUT2D eigenvalue weighted by Crippen LogP contribution is 2.03. The Hall–Kier alpha value is -0.570. The molecule has 1 atom stereocenters. The molecule has 1 rings (SSSR count). The van der Waals surface area contributed by atoms with Gasteiger partial charge in [0.2, 0.25) is 0 Å². The summed E-state index contributed by atoms with van der Waals surface area (Å²) in [5, 5.41) is 11.2. The van der Waals surface area contributed by atoms with Gasteiger partial charge in [0.05, 0.1) is 10.8 Å². The maximum atomic E-state index is 10.2. The average molecular weight is 116 g/mol. The second-order valence-corrected chi connectivity index (χ2v) is 2.34. The van der Waals surface area contributed by atoms with Crippen LogP contribution in [0.25, 0.3) is 0 Å². The monoisotopic (exact) mass is 116 g/mol. The second kappa shape index (κ2) is 1.50. The van der Waals surface area contributed by atoms with E-state index in [1.54, 1.807) is 0 Å². The van der Waals surface area contributed by atoms with Crippen LogP contribution in [0.1, 0.15) is 0 Å². The molecule has 0 radical (unpaired) electrons. The van der Waals surface area contributed by atoms with Gasteiger partial charge in [-0.25, -0.2) is 0 Å². The molecule has 0 amide bonds. The fourth-order valence-electron chi connectivity index (χ4n) is 0.334. The fourth-order valence-corrected chi connectivity index (χ4v) is 1.00. The van der Waals surface area contributed by atoms with Crippen molar-refractivity contribution in [1.29, 1.82) is 0 Å². The van der Waals surface area contributed by atoms with E-state index < -0.39 is 10.8 Å². The van der Waals surface area contributed by atoms with Crippen molar-refractivity contribution in [2.75, 3.05) is 0 Å². The van der Waals surface area contributed by atoms with E-state index in [4.69, 9.17) is 5.11 Å². The van der Waals surface area contributed by atoms with Crippen molar-refractivity contribution in [3.8, 4) is 0 Å². The van der Waals surface area contributed by atoms with Crippen LogP contribution in [0, 0.1) is 0 Å². The molecule has 1 aliphatic rings. The normalized spacial score (nSPS) is 28.0. The summed E-state index contributed by atoms with van der Waals surface area (Å²) in [5.74, 6) is 0.0957. The lowest BCUT2D eigenvalue weighted by atomic mass is 10.6. The number of hydrogen-bond donors (Lipinski definition) is 1. The van der Waals surface area contributed by atoms with Crippen LogP contribution in [-0.4, -0.2) is 9.32 Å². The minimum Gasteiger partial charge on any atom is -0.507 e. The summed E-state index contributed by atoms with van der Waals surface area (Å²) in [6.45, 7) is 0. The minimum absolute atomic E-state index is 0.0957. The molecular formula is C4H4O2S. The number of hydrogen-bond acceptors (Lipinski definition) is 2. The van der Waals surface area contributed by atoms with Crippen LogP contribution < -0.4 is 0 Å². The first kappa shape index (κ1) is 4.59. The Morgan fingerprint density at radius 2 is 2.43 bits per heavy atom. The molecule has 7 heavy (non-hydrogen) atoms. The first-order valence-corrected chi connectivity index (χ1v) is 3.05. The van der Waals surface area contributed by atoms with Gasteiger partial charge in [0.25, 0.3) is 0 Å². The van der Waals surface area contributed by atoms with Crippen LogP contribution in [0.4, 0.5) is 0 Å². The van der Waals surface area contributed by atoms with E-state index in [1.165, 1.54) is 16.9 Å². The number of allylic oxidation sites excluding steroid dienone is 1. The van der Waals surface area contributed by atoms with Crippen LogP contribution in [0.15, 0.2) is 22.7 Å². The largest absolute Gasteiger partial charge is 0.507 e. The van der Waals surface area contributed by atoms with E-state index in [2.05, 4.69) is 0 Å². The quantitative estimate of drug-likeness (QED) is 0.505. The van der Waals surface area contributed by atoms with Crippen molar-refractivity contribution in [2.45, 2.75) is 0 Å². The molecule has 0 aromatic carbocycles. The van der Waals surface area contributed by atoms with Gasteiger partial charge >= 0.3 is 0 Å². The predicted octanol–water partition coefficient (Wildman–Crippen LogP) is 0.662. The topological polar surface area (TPSA) is 37.3 Å². The average Bonchev–Trinajstić information content (AvgIpc) is 1.87. The van der Waals surface area contributed by atoms with Gasteiger partial charge in [0.15, 0.2) is 0 Å². The van der Waals surface area contributed by atoms with Crippen LogP contribution in [0.3, 0.4) is 0 Å².